The number of nitrogen functional groups attached to an aromatic ring is 1. The van der Waals surface area contributed by atoms with Crippen molar-refractivity contribution in [3.05, 3.63) is 126 Å². The fourth-order valence-corrected chi connectivity index (χ4v) is 14.1. The van der Waals surface area contributed by atoms with Crippen LogP contribution in [0.2, 0.25) is 0 Å². The molecule has 7 aliphatic rings. The van der Waals surface area contributed by atoms with Gasteiger partial charge in [-0.3, -0.25) is 4.79 Å². The van der Waals surface area contributed by atoms with Crippen molar-refractivity contribution in [2.24, 2.45) is 16.3 Å². The maximum absolute atomic E-state index is 14.6. The summed E-state index contributed by atoms with van der Waals surface area (Å²) in [5.41, 5.74) is 14.9. The number of hydrogen-bond donors (Lipinski definition) is 4. The molecule has 8 heterocycles. The van der Waals surface area contributed by atoms with Gasteiger partial charge in [-0.25, -0.2) is 29.7 Å². The van der Waals surface area contributed by atoms with E-state index in [0.29, 0.717) is 63.9 Å². The number of benzene rings is 3. The van der Waals surface area contributed by atoms with Crippen molar-refractivity contribution in [3.63, 3.8) is 0 Å². The first-order valence-electron chi connectivity index (χ1n) is 27.6. The van der Waals surface area contributed by atoms with Crippen molar-refractivity contribution in [1.29, 1.82) is 0 Å². The molecule has 1 spiro atoms. The van der Waals surface area contributed by atoms with Gasteiger partial charge in [-0.15, -0.1) is 10.2 Å². The molecule has 6 fully saturated rings. The zero-order valence-electron chi connectivity index (χ0n) is 43.9. The molecule has 2 saturated carbocycles. The number of halogens is 1. The Hall–Kier alpha value is -7.02. The molecule has 2 aliphatic carbocycles. The van der Waals surface area contributed by atoms with E-state index in [9.17, 15) is 19.4 Å². The molecule has 3 aromatic heterocycles. The number of nitrogens with zero attached hydrogens (tertiary/aromatic N) is 10. The number of amidine groups is 1. The van der Waals surface area contributed by atoms with E-state index in [1.807, 2.05) is 75.4 Å². The number of phenolic OH excluding ortho intramolecular Hbond substituents is 1. The maximum atomic E-state index is 14.6. The van der Waals surface area contributed by atoms with E-state index < -0.39 is 23.8 Å². The molecule has 4 saturated heterocycles. The van der Waals surface area contributed by atoms with Crippen LogP contribution in [0.5, 0.6) is 5.75 Å². The van der Waals surface area contributed by atoms with Crippen molar-refractivity contribution in [3.8, 4) is 28.1 Å². The third-order valence-electron chi connectivity index (χ3n) is 18.3. The molecule has 6 atom stereocenters. The standard InChI is InChI=1S/C59H67FN12O5/c1-34(2)53(56(75)71-33-43(73)22-50(71)55-64-58(3,77-68-55)39-14-12-36(13-15-39)44-8-4-6-10-46(44)60)52-24-47(67-76-52)37-25-59(26-37)27-42(28-59)69-20-18-35(19-21-69)38-29-62-57(63-30-38)72-40-16-17-41(72)32-70(31-40)49-23-48(65-66-54(49)61)45-9-5-7-11-51(45)74/h4-15,23-24,29-30,34-35,37,40-43,50,53,73-74H,16-22,25-28,31-33H2,1-3H3,(H2,61,66)(H,64,68)/t37?,40?,41?,42?,43-,50+,53-,58-,59?/m1/s1. The number of β-amino-alcohol motifs (C(OH)–C–C–N with tert-alkyl or cyclic N) is 1. The quantitative estimate of drug-likeness (QED) is 0.0910. The number of aliphatic hydroxyl groups excluding tert-OH is 1. The minimum atomic E-state index is -1.09. The molecule has 77 heavy (non-hydrogen) atoms. The second kappa shape index (κ2) is 19.5. The highest BCUT2D eigenvalue weighted by atomic mass is 19.1. The number of aromatic nitrogens is 5. The van der Waals surface area contributed by atoms with Crippen LogP contribution in [-0.2, 0) is 15.4 Å². The number of anilines is 3. The van der Waals surface area contributed by atoms with Crippen molar-refractivity contribution >= 4 is 29.2 Å². The number of phenols is 1. The molecule has 1 amide bonds. The first-order chi connectivity index (χ1) is 37.3. The molecule has 2 bridgehead atoms. The number of piperidine rings is 1. The van der Waals surface area contributed by atoms with Gasteiger partial charge in [0.15, 0.2) is 5.82 Å². The van der Waals surface area contributed by atoms with E-state index in [0.717, 1.165) is 93.2 Å². The van der Waals surface area contributed by atoms with Gasteiger partial charge < -0.3 is 40.1 Å². The molecule has 13 rings (SSSR count). The first-order valence-corrected chi connectivity index (χ1v) is 27.6. The average Bonchev–Trinajstić information content (AvgIpc) is 4.22. The van der Waals surface area contributed by atoms with Gasteiger partial charge in [0.05, 0.1) is 29.2 Å². The Kier molecular flexibility index (Phi) is 12.5. The van der Waals surface area contributed by atoms with Gasteiger partial charge >= 0.3 is 0 Å². The Bertz CT molecular complexity index is 3170. The Balaban J connectivity index is 0.587. The van der Waals surface area contributed by atoms with Gasteiger partial charge in [-0.1, -0.05) is 73.6 Å². The third-order valence-corrected chi connectivity index (χ3v) is 18.3. The molecule has 2 unspecified atom stereocenters. The highest BCUT2D eigenvalue weighted by Crippen LogP contribution is 2.63. The largest absolute Gasteiger partial charge is 0.507 e. The summed E-state index contributed by atoms with van der Waals surface area (Å²) >= 11 is 0. The van der Waals surface area contributed by atoms with E-state index in [1.165, 1.54) is 24.5 Å². The lowest BCUT2D eigenvalue weighted by atomic mass is 9.49. The van der Waals surface area contributed by atoms with Crippen LogP contribution in [-0.4, -0.2) is 120 Å². The number of piperazine rings is 1. The zero-order valence-corrected chi connectivity index (χ0v) is 43.9. The maximum Gasteiger partial charge on any atom is 0.234 e. The number of rotatable bonds is 12. The van der Waals surface area contributed by atoms with Gasteiger partial charge in [0.25, 0.3) is 0 Å². The monoisotopic (exact) mass is 1040 g/mol. The number of hydroxylamine groups is 1. The summed E-state index contributed by atoms with van der Waals surface area (Å²) in [5, 5.41) is 34.6. The molecular formula is C59H67FN12O5. The number of likely N-dealkylation sites (tertiary alicyclic amines) is 2. The number of aliphatic imine (C=N–C) groups is 1. The predicted octanol–water partition coefficient (Wildman–Crippen LogP) is 8.29. The van der Waals surface area contributed by atoms with E-state index in [-0.39, 0.29) is 42.0 Å². The SMILES string of the molecule is CC(C)[C@@H](C(=O)N1C[C@H](O)C[C@H]1C1=N[C@@](C)(c2ccc(-c3ccccc3F)cc2)ON1)c1cc(C2CC3(C2)CC(N2CCC(c4cnc(N5C6CCC5CN(c5cc(-c7ccccc7O)nnc5N)C6)nc4)CC2)C3)no1. The van der Waals surface area contributed by atoms with Crippen LogP contribution in [0.25, 0.3) is 22.4 Å². The van der Waals surface area contributed by atoms with E-state index in [2.05, 4.69) is 47.9 Å². The van der Waals surface area contributed by atoms with Crippen LogP contribution in [0, 0.1) is 17.2 Å². The Morgan fingerprint density at radius 2 is 1.55 bits per heavy atom. The summed E-state index contributed by atoms with van der Waals surface area (Å²) in [6.07, 6.45) is 12.6. The summed E-state index contributed by atoms with van der Waals surface area (Å²) < 4.78 is 20.6. The number of carbonyl (C=O) groups is 1. The number of aromatic hydroxyl groups is 1. The molecule has 3 aromatic carbocycles. The summed E-state index contributed by atoms with van der Waals surface area (Å²) in [7, 11) is 0. The van der Waals surface area contributed by atoms with Crippen LogP contribution in [0.1, 0.15) is 119 Å². The normalized spacial score (nSPS) is 28.6. The minimum Gasteiger partial charge on any atom is -0.507 e. The van der Waals surface area contributed by atoms with Gasteiger partial charge in [-0.05, 0) is 124 Å². The molecule has 6 aromatic rings. The Morgan fingerprint density at radius 3 is 2.25 bits per heavy atom. The lowest BCUT2D eigenvalue weighted by Crippen LogP contribution is -2.57. The highest BCUT2D eigenvalue weighted by Gasteiger charge is 2.56. The smallest absolute Gasteiger partial charge is 0.234 e. The number of hydrogen-bond acceptors (Lipinski definition) is 16. The van der Waals surface area contributed by atoms with Crippen LogP contribution < -0.4 is 21.0 Å². The Morgan fingerprint density at radius 1 is 0.844 bits per heavy atom. The summed E-state index contributed by atoms with van der Waals surface area (Å²) in [5.74, 6) is 2.05. The van der Waals surface area contributed by atoms with E-state index in [1.54, 1.807) is 29.2 Å². The number of carbonyl (C=O) groups excluding carboxylic acids is 1. The molecule has 17 nitrogen and oxygen atoms in total. The average molecular weight is 1040 g/mol. The number of amides is 1. The van der Waals surface area contributed by atoms with E-state index >= 15 is 0 Å². The number of nitrogens with one attached hydrogen (secondary N) is 1. The van der Waals surface area contributed by atoms with Crippen LogP contribution in [0.15, 0.2) is 107 Å². The number of para-hydroxylation sites is 1. The molecule has 5 aliphatic heterocycles. The summed E-state index contributed by atoms with van der Waals surface area (Å²) in [4.78, 5) is 44.7. The number of nitrogens with two attached hydrogens (primary N) is 1. The highest BCUT2D eigenvalue weighted by molar-refractivity contribution is 5.94. The van der Waals surface area contributed by atoms with Gasteiger partial charge in [0, 0.05) is 85.2 Å². The third kappa shape index (κ3) is 9.04. The van der Waals surface area contributed by atoms with Gasteiger partial charge in [-0.2, -0.15) is 0 Å². The fraction of sp³-hybridized carbons (Fsp3) is 0.475. The zero-order chi connectivity index (χ0) is 52.7. The van der Waals surface area contributed by atoms with Crippen LogP contribution in [0.3, 0.4) is 0 Å². The first kappa shape index (κ1) is 49.5. The fourth-order valence-electron chi connectivity index (χ4n) is 14.1. The Labute approximate surface area is 447 Å². The topological polar surface area (TPSA) is 208 Å². The molecular weight excluding hydrogens is 976 g/mol. The van der Waals surface area contributed by atoms with E-state index in [4.69, 9.17) is 30.1 Å². The molecule has 5 N–H and O–H groups in total. The van der Waals surface area contributed by atoms with Gasteiger partial charge in [0.2, 0.25) is 17.6 Å². The predicted molar refractivity (Wildman–Crippen MR) is 289 cm³/mol. The second-order valence-corrected chi connectivity index (χ2v) is 23.5. The lowest BCUT2D eigenvalue weighted by Gasteiger charge is -2.60. The minimum absolute atomic E-state index is 0.0834. The van der Waals surface area contributed by atoms with Crippen molar-refractivity contribution in [2.45, 2.75) is 132 Å². The number of aliphatic hydroxyl groups is 1. The summed E-state index contributed by atoms with van der Waals surface area (Å²) in [6, 6.07) is 25.8. The van der Waals surface area contributed by atoms with Crippen molar-refractivity contribution in [2.75, 3.05) is 48.3 Å². The van der Waals surface area contributed by atoms with Crippen molar-refractivity contribution in [1.82, 2.24) is 40.6 Å². The lowest BCUT2D eigenvalue weighted by molar-refractivity contribution is -0.134. The summed E-state index contributed by atoms with van der Waals surface area (Å²) in [6.45, 7) is 9.77. The molecule has 18 heteroatoms. The second-order valence-electron chi connectivity index (χ2n) is 23.5. The molecule has 0 radical (unpaired) electrons. The van der Waals surface area contributed by atoms with Crippen molar-refractivity contribution < 1.29 is 28.8 Å². The van der Waals surface area contributed by atoms with Crippen LogP contribution in [0.4, 0.5) is 21.8 Å². The number of fused-ring (bicyclic) bond motifs is 2. The molecule has 400 valence electrons. The van der Waals surface area contributed by atoms with Crippen LogP contribution >= 0.6 is 0 Å². The van der Waals surface area contributed by atoms with Gasteiger partial charge in [0.1, 0.15) is 29.1 Å².